The summed E-state index contributed by atoms with van der Waals surface area (Å²) in [5.74, 6) is -2.52. The highest BCUT2D eigenvalue weighted by atomic mass is 16.7. The number of ether oxygens (including phenoxy) is 7. The molecule has 0 amide bonds. The number of aliphatic hydroxyl groups is 4. The average molecular weight is 758 g/mol. The molecular weight excluding hydrogens is 694 g/mol. The van der Waals surface area contributed by atoms with Gasteiger partial charge in [-0.05, 0) is 59.7 Å². The molecule has 15 heteroatoms. The number of carbonyl (C=O) groups excluding carboxylic acids is 3. The van der Waals surface area contributed by atoms with Crippen LogP contribution in [0.25, 0.3) is 0 Å². The topological polar surface area (TPSA) is 200 Å². The number of aldehydes is 1. The molecule has 4 N–H and O–H groups in total. The van der Waals surface area contributed by atoms with Gasteiger partial charge in [0.25, 0.3) is 0 Å². The molecule has 3 aliphatic rings. The molecule has 3 rings (SSSR count). The van der Waals surface area contributed by atoms with Gasteiger partial charge in [0.05, 0.1) is 49.6 Å². The standard InChI is InChI=1S/C38H63NO14/c1-10-28-25(19-49-38-36(48-9)35(47-8)33(45)23(5)51-38)15-20(2)11-12-27(42)21(3)16-24(13-14-40)29(17-26(41)18-30(43)52-28)53-37-34(46)31(39(6)7)32(44)22(4)50-37/h11-12,14-15,21-26,28-29,31-38,41,44-46H,10,13,16-19H2,1-9H3/b12-11+,20-15+/t21-,22?,23?,24+,25-,26+,28-,29-,31+,32+,33+,34+,35+,36?,37?,38-/m1/s1. The first-order valence-electron chi connectivity index (χ1n) is 18.6. The van der Waals surface area contributed by atoms with Gasteiger partial charge >= 0.3 is 5.97 Å². The molecule has 0 aromatic rings. The number of hydrogen-bond donors (Lipinski definition) is 4. The molecule has 0 aromatic carbocycles. The van der Waals surface area contributed by atoms with E-state index in [1.807, 2.05) is 19.9 Å². The van der Waals surface area contributed by atoms with E-state index in [0.29, 0.717) is 18.3 Å². The van der Waals surface area contributed by atoms with Gasteiger partial charge < -0.3 is 63.3 Å². The number of cyclic esters (lactones) is 1. The summed E-state index contributed by atoms with van der Waals surface area (Å²) in [6.07, 6.45) is -5.34. The Bertz CT molecular complexity index is 1230. The summed E-state index contributed by atoms with van der Waals surface area (Å²) in [7, 11) is 6.36. The zero-order chi connectivity index (χ0) is 39.6. The van der Waals surface area contributed by atoms with Crippen LogP contribution in [0.2, 0.25) is 0 Å². The zero-order valence-corrected chi connectivity index (χ0v) is 32.6. The first-order chi connectivity index (χ1) is 25.1. The van der Waals surface area contributed by atoms with Crippen LogP contribution in [0.3, 0.4) is 0 Å². The van der Waals surface area contributed by atoms with Gasteiger partial charge in [0.1, 0.15) is 36.8 Å². The number of rotatable bonds is 11. The lowest BCUT2D eigenvalue weighted by molar-refractivity contribution is -0.304. The van der Waals surface area contributed by atoms with E-state index < -0.39 is 110 Å². The highest BCUT2D eigenvalue weighted by molar-refractivity contribution is 5.91. The van der Waals surface area contributed by atoms with E-state index in [1.54, 1.807) is 45.8 Å². The van der Waals surface area contributed by atoms with Crippen LogP contribution in [0, 0.1) is 17.8 Å². The van der Waals surface area contributed by atoms with Crippen LogP contribution in [0.5, 0.6) is 0 Å². The number of nitrogens with zero attached hydrogens (tertiary/aromatic N) is 1. The molecule has 0 radical (unpaired) electrons. The smallest absolute Gasteiger partial charge is 0.308 e. The van der Waals surface area contributed by atoms with E-state index in [2.05, 4.69) is 0 Å². The van der Waals surface area contributed by atoms with Crippen molar-refractivity contribution in [3.05, 3.63) is 23.8 Å². The van der Waals surface area contributed by atoms with Crippen LogP contribution in [-0.2, 0) is 47.5 Å². The molecule has 2 saturated heterocycles. The number of methoxy groups -OCH3 is 2. The molecule has 0 saturated carbocycles. The van der Waals surface area contributed by atoms with E-state index in [4.69, 9.17) is 33.2 Å². The fourth-order valence-corrected chi connectivity index (χ4v) is 7.47. The van der Waals surface area contributed by atoms with Gasteiger partial charge in [0, 0.05) is 38.9 Å². The number of carbonyl (C=O) groups is 3. The van der Waals surface area contributed by atoms with Crippen molar-refractivity contribution < 1.29 is 68.0 Å². The monoisotopic (exact) mass is 757 g/mol. The first-order valence-corrected chi connectivity index (χ1v) is 18.6. The fraction of sp³-hybridized carbons (Fsp3) is 0.816. The summed E-state index contributed by atoms with van der Waals surface area (Å²) in [5.41, 5.74) is 0.702. The van der Waals surface area contributed by atoms with Crippen LogP contribution in [-0.4, -0.2) is 158 Å². The van der Waals surface area contributed by atoms with Crippen molar-refractivity contribution in [2.24, 2.45) is 17.8 Å². The van der Waals surface area contributed by atoms with E-state index in [9.17, 15) is 34.8 Å². The molecule has 4 unspecified atom stereocenters. The van der Waals surface area contributed by atoms with Crippen molar-refractivity contribution >= 4 is 18.0 Å². The van der Waals surface area contributed by atoms with Crippen LogP contribution < -0.4 is 0 Å². The van der Waals surface area contributed by atoms with E-state index in [-0.39, 0.29) is 31.7 Å². The summed E-state index contributed by atoms with van der Waals surface area (Å²) in [5, 5.41) is 43.8. The van der Waals surface area contributed by atoms with Crippen molar-refractivity contribution in [1.82, 2.24) is 4.90 Å². The van der Waals surface area contributed by atoms with Gasteiger partial charge in [-0.2, -0.15) is 0 Å². The highest BCUT2D eigenvalue weighted by Crippen LogP contribution is 2.32. The second-order valence-corrected chi connectivity index (χ2v) is 14.9. The molecular formula is C38H63NO14. The predicted octanol–water partition coefficient (Wildman–Crippen LogP) is 1.32. The van der Waals surface area contributed by atoms with E-state index in [1.165, 1.54) is 20.3 Å². The highest BCUT2D eigenvalue weighted by Gasteiger charge is 2.47. The summed E-state index contributed by atoms with van der Waals surface area (Å²) in [6, 6.07) is -0.731. The Morgan fingerprint density at radius 2 is 1.55 bits per heavy atom. The fourth-order valence-electron chi connectivity index (χ4n) is 7.47. The lowest BCUT2D eigenvalue weighted by Gasteiger charge is -2.45. The Balaban J connectivity index is 1.92. The first kappa shape index (κ1) is 45.2. The Morgan fingerprint density at radius 1 is 0.906 bits per heavy atom. The molecule has 53 heavy (non-hydrogen) atoms. The summed E-state index contributed by atoms with van der Waals surface area (Å²) >= 11 is 0. The summed E-state index contributed by atoms with van der Waals surface area (Å²) < 4.78 is 41.4. The van der Waals surface area contributed by atoms with Gasteiger partial charge in [-0.25, -0.2) is 0 Å². The normalized spacial score (nSPS) is 42.8. The number of likely N-dealkylation sites (N-methyl/N-ethyl adjacent to an activating group) is 1. The predicted molar refractivity (Wildman–Crippen MR) is 191 cm³/mol. The van der Waals surface area contributed by atoms with Gasteiger partial charge in [0.2, 0.25) is 0 Å². The minimum Gasteiger partial charge on any atom is -0.462 e. The zero-order valence-electron chi connectivity index (χ0n) is 32.6. The van der Waals surface area contributed by atoms with Crippen LogP contribution in [0.15, 0.2) is 23.8 Å². The van der Waals surface area contributed by atoms with Gasteiger partial charge in [-0.1, -0.05) is 31.6 Å². The second kappa shape index (κ2) is 21.2. The maximum absolute atomic E-state index is 13.4. The minimum atomic E-state index is -1.29. The largest absolute Gasteiger partial charge is 0.462 e. The SMILES string of the molecule is CC[C@H]1OC(=O)C[C@@H](O)C[C@@H](OC2OC(C)[C@H](O)[C@H](N(C)C)[C@@H]2O)[C@@H](CC=O)C[C@@H](C)C(=O)/C=C/C(C)=C/[C@@H]1CO[C@@H]1OC(C)[C@H](O)[C@H](OC)C1OC. The number of esters is 1. The second-order valence-electron chi connectivity index (χ2n) is 14.9. The van der Waals surface area contributed by atoms with Crippen molar-refractivity contribution in [2.75, 3.05) is 34.9 Å². The van der Waals surface area contributed by atoms with E-state index in [0.717, 1.165) is 0 Å². The maximum Gasteiger partial charge on any atom is 0.308 e. The molecule has 0 bridgehead atoms. The number of ketones is 1. The van der Waals surface area contributed by atoms with Crippen LogP contribution in [0.1, 0.15) is 66.7 Å². The minimum absolute atomic E-state index is 0.0156. The number of hydrogen-bond acceptors (Lipinski definition) is 15. The third-order valence-corrected chi connectivity index (χ3v) is 10.6. The molecule has 15 nitrogen and oxygen atoms in total. The molecule has 0 spiro atoms. The van der Waals surface area contributed by atoms with Crippen LogP contribution >= 0.6 is 0 Å². The Kier molecular flexibility index (Phi) is 18.1. The molecule has 0 aliphatic carbocycles. The van der Waals surface area contributed by atoms with Crippen molar-refractivity contribution in [3.8, 4) is 0 Å². The summed E-state index contributed by atoms with van der Waals surface area (Å²) in [6.45, 7) is 8.77. The average Bonchev–Trinajstić information content (AvgIpc) is 3.10. The summed E-state index contributed by atoms with van der Waals surface area (Å²) in [4.78, 5) is 40.4. The molecule has 2 fully saturated rings. The Hall–Kier alpha value is -2.15. The Labute approximate surface area is 313 Å². The van der Waals surface area contributed by atoms with Crippen molar-refractivity contribution in [2.45, 2.75) is 146 Å². The molecule has 0 aromatic heterocycles. The number of aliphatic hydroxyl groups excluding tert-OH is 4. The van der Waals surface area contributed by atoms with Gasteiger partial charge in [0.15, 0.2) is 18.4 Å². The maximum atomic E-state index is 13.4. The lowest BCUT2D eigenvalue weighted by Crippen LogP contribution is -2.62. The third kappa shape index (κ3) is 12.2. The molecule has 304 valence electrons. The quantitative estimate of drug-likeness (QED) is 0.174. The molecule has 3 aliphatic heterocycles. The van der Waals surface area contributed by atoms with E-state index >= 15 is 0 Å². The molecule has 16 atom stereocenters. The lowest BCUT2D eigenvalue weighted by atomic mass is 9.84. The Morgan fingerprint density at radius 3 is 2.15 bits per heavy atom. The molecule has 3 heterocycles. The van der Waals surface area contributed by atoms with Crippen LogP contribution in [0.4, 0.5) is 0 Å². The van der Waals surface area contributed by atoms with Crippen molar-refractivity contribution in [3.63, 3.8) is 0 Å². The number of allylic oxidation sites excluding steroid dienone is 3. The van der Waals surface area contributed by atoms with Crippen molar-refractivity contribution in [1.29, 1.82) is 0 Å². The van der Waals surface area contributed by atoms with Gasteiger partial charge in [-0.15, -0.1) is 0 Å². The van der Waals surface area contributed by atoms with Gasteiger partial charge in [-0.3, -0.25) is 9.59 Å². The third-order valence-electron chi connectivity index (χ3n) is 10.6.